The minimum Gasteiger partial charge on any atom is -0.370 e. The van der Waals surface area contributed by atoms with Crippen LogP contribution >= 0.6 is 22.6 Å². The number of nitrogens with zero attached hydrogens (tertiary/aromatic N) is 2. The number of nitrogens with one attached hydrogen (secondary N) is 2. The Bertz CT molecular complexity index is 1370. The number of aliphatic imine (C=N–C) groups is 1. The highest BCUT2D eigenvalue weighted by Gasteiger charge is 2.20. The molecular formula is C22H23IN6O4S. The van der Waals surface area contributed by atoms with Crippen LogP contribution < -0.4 is 27.1 Å². The predicted octanol–water partition coefficient (Wildman–Crippen LogP) is 2.04. The molecule has 1 aromatic heterocycles. The summed E-state index contributed by atoms with van der Waals surface area (Å²) in [7, 11) is -3.96. The normalized spacial score (nSPS) is 11.9. The standard InChI is InChI=1S/C22H23IN6O4S/c1-14(20(30)26-13-15-4-8-17(9-5-15)27-22(24)25)29-12-2-3-19(21(29)31)28-34(32,33)18-10-6-16(23)7-11-18/h2-12,14,28H,13H2,1H3,(H,26,30)(H4,24,25,27). The van der Waals surface area contributed by atoms with Gasteiger partial charge in [-0.2, -0.15) is 0 Å². The zero-order valence-corrected chi connectivity index (χ0v) is 21.1. The molecule has 0 aliphatic carbocycles. The summed E-state index contributed by atoms with van der Waals surface area (Å²) in [6, 6.07) is 15.1. The van der Waals surface area contributed by atoms with Gasteiger partial charge < -0.3 is 21.4 Å². The van der Waals surface area contributed by atoms with Crippen molar-refractivity contribution in [3.63, 3.8) is 0 Å². The molecule has 10 nitrogen and oxygen atoms in total. The number of nitrogens with two attached hydrogens (primary N) is 2. The van der Waals surface area contributed by atoms with Crippen LogP contribution in [0.5, 0.6) is 0 Å². The van der Waals surface area contributed by atoms with Crippen LogP contribution in [0.1, 0.15) is 18.5 Å². The van der Waals surface area contributed by atoms with Gasteiger partial charge >= 0.3 is 0 Å². The molecule has 1 atom stereocenters. The second-order valence-corrected chi connectivity index (χ2v) is 10.2. The number of anilines is 1. The quantitative estimate of drug-likeness (QED) is 0.177. The minimum atomic E-state index is -3.96. The lowest BCUT2D eigenvalue weighted by Crippen LogP contribution is -2.36. The molecule has 0 saturated carbocycles. The molecule has 1 heterocycles. The van der Waals surface area contributed by atoms with Gasteiger partial charge in [-0.3, -0.25) is 14.3 Å². The van der Waals surface area contributed by atoms with Crippen molar-refractivity contribution >= 4 is 55.9 Å². The van der Waals surface area contributed by atoms with Crippen molar-refractivity contribution in [2.24, 2.45) is 16.5 Å². The lowest BCUT2D eigenvalue weighted by molar-refractivity contribution is -0.124. The molecule has 0 bridgehead atoms. The monoisotopic (exact) mass is 594 g/mol. The molecule has 0 aliphatic rings. The van der Waals surface area contributed by atoms with Crippen molar-refractivity contribution in [3.05, 3.63) is 86.3 Å². The Kier molecular flexibility index (Phi) is 7.94. The Hall–Kier alpha value is -3.39. The largest absolute Gasteiger partial charge is 0.370 e. The molecule has 2 aromatic carbocycles. The van der Waals surface area contributed by atoms with Gasteiger partial charge in [-0.05, 0) is 83.6 Å². The van der Waals surface area contributed by atoms with Crippen molar-refractivity contribution in [2.75, 3.05) is 4.72 Å². The first kappa shape index (κ1) is 25.2. The van der Waals surface area contributed by atoms with Crippen molar-refractivity contribution < 1.29 is 13.2 Å². The van der Waals surface area contributed by atoms with Crippen LogP contribution in [0.4, 0.5) is 11.4 Å². The van der Waals surface area contributed by atoms with Crippen molar-refractivity contribution in [2.45, 2.75) is 24.4 Å². The number of hydrogen-bond acceptors (Lipinski definition) is 5. The van der Waals surface area contributed by atoms with Gasteiger partial charge in [0.05, 0.1) is 10.6 Å². The zero-order chi connectivity index (χ0) is 24.9. The Morgan fingerprint density at radius 2 is 1.74 bits per heavy atom. The molecular weight excluding hydrogens is 571 g/mol. The number of hydrogen-bond donors (Lipinski definition) is 4. The Labute approximate surface area is 210 Å². The van der Waals surface area contributed by atoms with Gasteiger partial charge in [0.1, 0.15) is 11.7 Å². The summed E-state index contributed by atoms with van der Waals surface area (Å²) in [5.41, 5.74) is 11.3. The van der Waals surface area contributed by atoms with Crippen molar-refractivity contribution in [3.8, 4) is 0 Å². The third-order valence-electron chi connectivity index (χ3n) is 4.80. The van der Waals surface area contributed by atoms with Crippen LogP contribution in [0, 0.1) is 3.57 Å². The van der Waals surface area contributed by atoms with Gasteiger partial charge in [0.2, 0.25) is 5.91 Å². The molecule has 0 fully saturated rings. The van der Waals surface area contributed by atoms with E-state index in [4.69, 9.17) is 11.5 Å². The van der Waals surface area contributed by atoms with E-state index >= 15 is 0 Å². The van der Waals surface area contributed by atoms with Crippen LogP contribution in [0.2, 0.25) is 0 Å². The first-order valence-electron chi connectivity index (χ1n) is 10.0. The number of amides is 1. The second kappa shape index (κ2) is 10.7. The van der Waals surface area contributed by atoms with Gasteiger partial charge in [-0.25, -0.2) is 13.4 Å². The molecule has 34 heavy (non-hydrogen) atoms. The van der Waals surface area contributed by atoms with E-state index in [-0.39, 0.29) is 23.1 Å². The molecule has 1 amide bonds. The smallest absolute Gasteiger partial charge is 0.275 e. The van der Waals surface area contributed by atoms with Crippen LogP contribution in [-0.2, 0) is 21.4 Å². The lowest BCUT2D eigenvalue weighted by atomic mass is 10.2. The van der Waals surface area contributed by atoms with E-state index in [2.05, 4.69) is 37.6 Å². The Morgan fingerprint density at radius 1 is 1.09 bits per heavy atom. The summed E-state index contributed by atoms with van der Waals surface area (Å²) < 4.78 is 29.7. The maximum absolute atomic E-state index is 12.9. The number of guanidine groups is 1. The predicted molar refractivity (Wildman–Crippen MR) is 139 cm³/mol. The number of sulfonamides is 1. The van der Waals surface area contributed by atoms with Crippen LogP contribution in [0.15, 0.2) is 81.5 Å². The number of carbonyl (C=O) groups is 1. The molecule has 3 rings (SSSR count). The summed E-state index contributed by atoms with van der Waals surface area (Å²) >= 11 is 2.07. The van der Waals surface area contributed by atoms with E-state index in [1.165, 1.54) is 35.0 Å². The van der Waals surface area contributed by atoms with Gasteiger partial charge in [-0.15, -0.1) is 0 Å². The number of carbonyl (C=O) groups excluding carboxylic acids is 1. The molecule has 0 spiro atoms. The molecule has 0 aliphatic heterocycles. The third-order valence-corrected chi connectivity index (χ3v) is 6.90. The zero-order valence-electron chi connectivity index (χ0n) is 18.1. The number of pyridine rings is 1. The summed E-state index contributed by atoms with van der Waals surface area (Å²) in [5.74, 6) is -0.462. The molecule has 6 N–H and O–H groups in total. The van der Waals surface area contributed by atoms with E-state index in [0.717, 1.165) is 9.13 Å². The average Bonchev–Trinajstić information content (AvgIpc) is 2.79. The second-order valence-electron chi connectivity index (χ2n) is 7.29. The Balaban J connectivity index is 1.71. The highest BCUT2D eigenvalue weighted by molar-refractivity contribution is 14.1. The lowest BCUT2D eigenvalue weighted by Gasteiger charge is -2.17. The summed E-state index contributed by atoms with van der Waals surface area (Å²) in [6.07, 6.45) is 1.43. The maximum Gasteiger partial charge on any atom is 0.275 e. The molecule has 178 valence electrons. The number of aromatic nitrogens is 1. The van der Waals surface area contributed by atoms with Gasteiger partial charge in [-0.1, -0.05) is 12.1 Å². The fourth-order valence-electron chi connectivity index (χ4n) is 3.01. The first-order valence-corrected chi connectivity index (χ1v) is 12.6. The van der Waals surface area contributed by atoms with Crippen LogP contribution in [-0.4, -0.2) is 24.9 Å². The highest BCUT2D eigenvalue weighted by Crippen LogP contribution is 2.16. The van der Waals surface area contributed by atoms with E-state index in [1.54, 1.807) is 43.3 Å². The topological polar surface area (TPSA) is 162 Å². The van der Waals surface area contributed by atoms with Gasteiger partial charge in [0.25, 0.3) is 15.6 Å². The number of rotatable bonds is 8. The number of halogens is 1. The van der Waals surface area contributed by atoms with E-state index < -0.39 is 27.5 Å². The van der Waals surface area contributed by atoms with Crippen LogP contribution in [0.3, 0.4) is 0 Å². The molecule has 12 heteroatoms. The highest BCUT2D eigenvalue weighted by atomic mass is 127. The SMILES string of the molecule is CC(C(=O)NCc1ccc(N=C(N)N)cc1)n1cccc(NS(=O)(=O)c2ccc(I)cc2)c1=O. The van der Waals surface area contributed by atoms with Crippen molar-refractivity contribution in [1.82, 2.24) is 9.88 Å². The fraction of sp³-hybridized carbons (Fsp3) is 0.136. The molecule has 0 saturated heterocycles. The maximum atomic E-state index is 12.9. The average molecular weight is 594 g/mol. The van der Waals surface area contributed by atoms with Gasteiger partial charge in [0.15, 0.2) is 5.96 Å². The number of benzene rings is 2. The molecule has 1 unspecified atom stereocenters. The Morgan fingerprint density at radius 3 is 2.35 bits per heavy atom. The summed E-state index contributed by atoms with van der Waals surface area (Å²) in [5, 5.41) is 2.76. The molecule has 3 aromatic rings. The van der Waals surface area contributed by atoms with E-state index in [0.29, 0.717) is 5.69 Å². The molecule has 0 radical (unpaired) electrons. The van der Waals surface area contributed by atoms with Crippen molar-refractivity contribution in [1.29, 1.82) is 0 Å². The van der Waals surface area contributed by atoms with Gasteiger partial charge in [0, 0.05) is 16.3 Å². The third kappa shape index (κ3) is 6.35. The minimum absolute atomic E-state index is 0.0272. The summed E-state index contributed by atoms with van der Waals surface area (Å²) in [6.45, 7) is 1.77. The summed E-state index contributed by atoms with van der Waals surface area (Å²) in [4.78, 5) is 29.5. The first-order chi connectivity index (χ1) is 16.1. The van der Waals surface area contributed by atoms with E-state index in [9.17, 15) is 18.0 Å². The fourth-order valence-corrected chi connectivity index (χ4v) is 4.43. The van der Waals surface area contributed by atoms with E-state index in [1.807, 2.05) is 0 Å². The van der Waals surface area contributed by atoms with Crippen LogP contribution in [0.25, 0.3) is 0 Å².